The van der Waals surface area contributed by atoms with E-state index in [1.54, 1.807) is 18.2 Å². The van der Waals surface area contributed by atoms with Gasteiger partial charge in [-0.1, -0.05) is 11.6 Å². The molecule has 0 saturated carbocycles. The predicted octanol–water partition coefficient (Wildman–Crippen LogP) is 4.04. The highest BCUT2D eigenvalue weighted by atomic mass is 35.5. The highest BCUT2D eigenvalue weighted by Gasteiger charge is 2.10. The van der Waals surface area contributed by atoms with Gasteiger partial charge in [-0.25, -0.2) is 4.98 Å². The van der Waals surface area contributed by atoms with Crippen LogP contribution >= 0.6 is 11.6 Å². The molecule has 3 aromatic rings. The SMILES string of the molecule is Cn1c(-c2ccc(Cl)cc2)nc2cc([O])ccc21. The minimum absolute atomic E-state index is 0.0248. The van der Waals surface area contributed by atoms with Crippen LogP contribution in [0.1, 0.15) is 0 Å². The van der Waals surface area contributed by atoms with Crippen molar-refractivity contribution in [3.63, 3.8) is 0 Å². The van der Waals surface area contributed by atoms with Gasteiger partial charge in [0.2, 0.25) is 0 Å². The van der Waals surface area contributed by atoms with Crippen LogP contribution in [0.3, 0.4) is 0 Å². The van der Waals surface area contributed by atoms with E-state index < -0.39 is 0 Å². The van der Waals surface area contributed by atoms with Crippen molar-refractivity contribution in [1.29, 1.82) is 0 Å². The standard InChI is InChI=1S/C14H10ClN2O/c1-17-13-7-6-11(18)8-12(13)16-14(17)9-2-4-10(15)5-3-9/h2-8H,1H3. The van der Waals surface area contributed by atoms with Crippen molar-refractivity contribution in [2.45, 2.75) is 0 Å². The maximum absolute atomic E-state index is 11.3. The largest absolute Gasteiger partial charge is 0.327 e. The van der Waals surface area contributed by atoms with Crippen LogP contribution in [0.25, 0.3) is 22.4 Å². The zero-order valence-electron chi connectivity index (χ0n) is 9.72. The molecule has 2 aromatic carbocycles. The zero-order valence-corrected chi connectivity index (χ0v) is 10.5. The van der Waals surface area contributed by atoms with Crippen LogP contribution in [0.5, 0.6) is 5.75 Å². The summed E-state index contributed by atoms with van der Waals surface area (Å²) in [5.41, 5.74) is 2.64. The molecule has 0 saturated heterocycles. The maximum Gasteiger partial charge on any atom is 0.180 e. The lowest BCUT2D eigenvalue weighted by atomic mass is 10.2. The van der Waals surface area contributed by atoms with Crippen LogP contribution in [0.15, 0.2) is 42.5 Å². The number of nitrogens with zero attached hydrogens (tertiary/aromatic N) is 2. The van der Waals surface area contributed by atoms with Crippen molar-refractivity contribution in [3.8, 4) is 17.1 Å². The third-order valence-corrected chi connectivity index (χ3v) is 3.21. The molecule has 0 atom stereocenters. The Morgan fingerprint density at radius 2 is 1.83 bits per heavy atom. The van der Waals surface area contributed by atoms with Crippen LogP contribution in [0.4, 0.5) is 0 Å². The maximum atomic E-state index is 11.3. The molecule has 0 spiro atoms. The number of hydrogen-bond acceptors (Lipinski definition) is 1. The molecule has 0 fully saturated rings. The van der Waals surface area contributed by atoms with Crippen molar-refractivity contribution in [1.82, 2.24) is 9.55 Å². The van der Waals surface area contributed by atoms with E-state index in [0.717, 1.165) is 22.4 Å². The van der Waals surface area contributed by atoms with Gasteiger partial charge in [-0.2, -0.15) is 0 Å². The van der Waals surface area contributed by atoms with Gasteiger partial charge in [0.05, 0.1) is 11.0 Å². The van der Waals surface area contributed by atoms with Crippen molar-refractivity contribution < 1.29 is 5.11 Å². The summed E-state index contributed by atoms with van der Waals surface area (Å²) in [6.07, 6.45) is 0. The molecule has 4 heteroatoms. The zero-order chi connectivity index (χ0) is 12.7. The number of rotatable bonds is 1. The Hall–Kier alpha value is -2.00. The second-order valence-corrected chi connectivity index (χ2v) is 4.59. The van der Waals surface area contributed by atoms with Gasteiger partial charge >= 0.3 is 0 Å². The molecule has 0 bridgehead atoms. The summed E-state index contributed by atoms with van der Waals surface area (Å²) in [6.45, 7) is 0. The first-order valence-corrected chi connectivity index (χ1v) is 5.92. The van der Waals surface area contributed by atoms with Crippen LogP contribution in [-0.4, -0.2) is 9.55 Å². The smallest absolute Gasteiger partial charge is 0.180 e. The van der Waals surface area contributed by atoms with Crippen molar-refractivity contribution in [2.75, 3.05) is 0 Å². The molecule has 0 aliphatic carbocycles. The lowest BCUT2D eigenvalue weighted by Crippen LogP contribution is -1.91. The first-order chi connectivity index (χ1) is 8.65. The Bertz CT molecular complexity index is 716. The summed E-state index contributed by atoms with van der Waals surface area (Å²) >= 11 is 5.87. The normalized spacial score (nSPS) is 11.0. The topological polar surface area (TPSA) is 37.7 Å². The van der Waals surface area contributed by atoms with Crippen molar-refractivity contribution >= 4 is 22.6 Å². The molecule has 3 rings (SSSR count). The lowest BCUT2D eigenvalue weighted by molar-refractivity contribution is 0.355. The van der Waals surface area contributed by atoms with Crippen molar-refractivity contribution in [2.24, 2.45) is 7.05 Å². The Labute approximate surface area is 109 Å². The second-order valence-electron chi connectivity index (χ2n) is 4.15. The first-order valence-electron chi connectivity index (χ1n) is 5.54. The summed E-state index contributed by atoms with van der Waals surface area (Å²) in [5.74, 6) is 0.801. The van der Waals surface area contributed by atoms with Gasteiger partial charge in [-0.15, -0.1) is 0 Å². The molecule has 0 aliphatic heterocycles. The Kier molecular flexibility index (Phi) is 2.49. The summed E-state index contributed by atoms with van der Waals surface area (Å²) < 4.78 is 1.97. The molecule has 18 heavy (non-hydrogen) atoms. The Morgan fingerprint density at radius 3 is 2.56 bits per heavy atom. The molecule has 89 valence electrons. The van der Waals surface area contributed by atoms with Gasteiger partial charge in [0.25, 0.3) is 0 Å². The highest BCUT2D eigenvalue weighted by molar-refractivity contribution is 6.30. The van der Waals surface area contributed by atoms with E-state index in [2.05, 4.69) is 4.98 Å². The van der Waals surface area contributed by atoms with Gasteiger partial charge < -0.3 is 4.57 Å². The number of aryl methyl sites for hydroxylation is 1. The summed E-state index contributed by atoms with van der Waals surface area (Å²) in [4.78, 5) is 4.49. The monoisotopic (exact) mass is 257 g/mol. The summed E-state index contributed by atoms with van der Waals surface area (Å²) in [5, 5.41) is 12.0. The van der Waals surface area contributed by atoms with Crippen LogP contribution in [-0.2, 0) is 12.2 Å². The number of aromatic nitrogens is 2. The number of fused-ring (bicyclic) bond motifs is 1. The number of halogens is 1. The van der Waals surface area contributed by atoms with Gasteiger partial charge in [0.15, 0.2) is 5.75 Å². The quantitative estimate of drug-likeness (QED) is 0.648. The van der Waals surface area contributed by atoms with Gasteiger partial charge in [-0.05, 0) is 36.4 Å². The molecule has 0 aliphatic rings. The minimum Gasteiger partial charge on any atom is -0.327 e. The van der Waals surface area contributed by atoms with Crippen LogP contribution < -0.4 is 0 Å². The molecule has 0 unspecified atom stereocenters. The molecule has 0 amide bonds. The Balaban J connectivity index is 2.23. The number of benzene rings is 2. The van der Waals surface area contributed by atoms with E-state index in [1.807, 2.05) is 35.9 Å². The fourth-order valence-electron chi connectivity index (χ4n) is 2.04. The van der Waals surface area contributed by atoms with E-state index in [0.29, 0.717) is 5.02 Å². The third kappa shape index (κ3) is 1.73. The average Bonchev–Trinajstić information content (AvgIpc) is 2.67. The molecular formula is C14H10ClN2O. The molecule has 1 aromatic heterocycles. The third-order valence-electron chi connectivity index (χ3n) is 2.95. The molecule has 1 heterocycles. The van der Waals surface area contributed by atoms with E-state index in [-0.39, 0.29) is 5.75 Å². The fraction of sp³-hybridized carbons (Fsp3) is 0.0714. The van der Waals surface area contributed by atoms with Gasteiger partial charge in [0.1, 0.15) is 5.82 Å². The number of hydrogen-bond donors (Lipinski definition) is 0. The van der Waals surface area contributed by atoms with Crippen LogP contribution in [0, 0.1) is 0 Å². The Morgan fingerprint density at radius 1 is 1.11 bits per heavy atom. The summed E-state index contributed by atoms with van der Waals surface area (Å²) in [6, 6.07) is 12.4. The van der Waals surface area contributed by atoms with Gasteiger partial charge in [0, 0.05) is 23.7 Å². The van der Waals surface area contributed by atoms with Gasteiger partial charge in [-0.3, -0.25) is 5.11 Å². The minimum atomic E-state index is -0.0248. The van der Waals surface area contributed by atoms with Crippen molar-refractivity contribution in [3.05, 3.63) is 47.5 Å². The predicted molar refractivity (Wildman–Crippen MR) is 71.3 cm³/mol. The molecular weight excluding hydrogens is 248 g/mol. The molecule has 3 nitrogen and oxygen atoms in total. The van der Waals surface area contributed by atoms with E-state index in [9.17, 15) is 5.11 Å². The highest BCUT2D eigenvalue weighted by Crippen LogP contribution is 2.26. The average molecular weight is 258 g/mol. The number of imidazole rings is 1. The fourth-order valence-corrected chi connectivity index (χ4v) is 2.16. The second kappa shape index (κ2) is 4.03. The van der Waals surface area contributed by atoms with Crippen LogP contribution in [0.2, 0.25) is 5.02 Å². The lowest BCUT2D eigenvalue weighted by Gasteiger charge is -2.02. The molecule has 1 radical (unpaired) electrons. The summed E-state index contributed by atoms with van der Waals surface area (Å²) in [7, 11) is 1.93. The molecule has 0 N–H and O–H groups in total. The van der Waals surface area contributed by atoms with E-state index >= 15 is 0 Å². The first kappa shape index (κ1) is 11.1. The van der Waals surface area contributed by atoms with E-state index in [1.165, 1.54) is 0 Å². The van der Waals surface area contributed by atoms with E-state index in [4.69, 9.17) is 11.6 Å².